The number of nitrogens with zero attached hydrogens (tertiary/aromatic N) is 2. The molecule has 6 heteroatoms. The second kappa shape index (κ2) is 5.68. The Kier molecular flexibility index (Phi) is 4.12. The first-order chi connectivity index (χ1) is 9.15. The van der Waals surface area contributed by atoms with E-state index in [9.17, 15) is 8.42 Å². The molecule has 110 valence electrons. The zero-order valence-electron chi connectivity index (χ0n) is 11.5. The summed E-state index contributed by atoms with van der Waals surface area (Å²) in [6.45, 7) is 4.11. The maximum atomic E-state index is 12.5. The first kappa shape index (κ1) is 13.8. The molecule has 3 aliphatic heterocycles. The Morgan fingerprint density at radius 3 is 2.74 bits per heavy atom. The fourth-order valence-corrected chi connectivity index (χ4v) is 5.20. The average Bonchev–Trinajstić information content (AvgIpc) is 2.86. The fraction of sp³-hybridized carbons (Fsp3) is 1.00. The van der Waals surface area contributed by atoms with Crippen LogP contribution in [0.25, 0.3) is 0 Å². The molecule has 2 atom stereocenters. The molecule has 0 unspecified atom stereocenters. The van der Waals surface area contributed by atoms with Crippen LogP contribution in [-0.4, -0.2) is 68.3 Å². The van der Waals surface area contributed by atoms with Gasteiger partial charge in [0.15, 0.2) is 0 Å². The lowest BCUT2D eigenvalue weighted by atomic mass is 10.1. The van der Waals surface area contributed by atoms with Crippen molar-refractivity contribution < 1.29 is 13.2 Å². The van der Waals surface area contributed by atoms with Crippen molar-refractivity contribution in [1.29, 1.82) is 0 Å². The van der Waals surface area contributed by atoms with Crippen molar-refractivity contribution in [3.63, 3.8) is 0 Å². The minimum Gasteiger partial charge on any atom is -0.377 e. The SMILES string of the molecule is O=S(=O)(C[C@@H]1CCCCO1)N1CCN2CCC[C@H]2C1. The summed E-state index contributed by atoms with van der Waals surface area (Å²) in [7, 11) is -3.14. The second-order valence-corrected chi connectivity index (χ2v) is 7.97. The van der Waals surface area contributed by atoms with Gasteiger partial charge in [-0.05, 0) is 38.6 Å². The van der Waals surface area contributed by atoms with Gasteiger partial charge in [-0.1, -0.05) is 0 Å². The predicted octanol–water partition coefficient (Wildman–Crippen LogP) is 0.665. The van der Waals surface area contributed by atoms with Gasteiger partial charge in [-0.2, -0.15) is 4.31 Å². The van der Waals surface area contributed by atoms with Crippen LogP contribution in [0.15, 0.2) is 0 Å². The van der Waals surface area contributed by atoms with Crippen molar-refractivity contribution in [2.24, 2.45) is 0 Å². The molecular weight excluding hydrogens is 264 g/mol. The summed E-state index contributed by atoms with van der Waals surface area (Å²) in [4.78, 5) is 2.43. The maximum absolute atomic E-state index is 12.5. The van der Waals surface area contributed by atoms with E-state index in [2.05, 4.69) is 4.90 Å². The molecule has 0 aromatic rings. The van der Waals surface area contributed by atoms with E-state index < -0.39 is 10.0 Å². The quantitative estimate of drug-likeness (QED) is 0.766. The van der Waals surface area contributed by atoms with Gasteiger partial charge >= 0.3 is 0 Å². The number of hydrogen-bond donors (Lipinski definition) is 0. The second-order valence-electron chi connectivity index (χ2n) is 5.96. The number of ether oxygens (including phenoxy) is 1. The van der Waals surface area contributed by atoms with Crippen LogP contribution in [0.3, 0.4) is 0 Å². The highest BCUT2D eigenvalue weighted by molar-refractivity contribution is 7.89. The molecule has 3 rings (SSSR count). The van der Waals surface area contributed by atoms with Crippen molar-refractivity contribution in [2.45, 2.75) is 44.2 Å². The Balaban J connectivity index is 1.60. The third kappa shape index (κ3) is 3.12. The first-order valence-corrected chi connectivity index (χ1v) is 9.09. The molecule has 19 heavy (non-hydrogen) atoms. The van der Waals surface area contributed by atoms with Gasteiger partial charge in [0.2, 0.25) is 10.0 Å². The summed E-state index contributed by atoms with van der Waals surface area (Å²) >= 11 is 0. The van der Waals surface area contributed by atoms with Crippen molar-refractivity contribution in [3.05, 3.63) is 0 Å². The number of hydrogen-bond acceptors (Lipinski definition) is 4. The number of fused-ring (bicyclic) bond motifs is 1. The largest absolute Gasteiger partial charge is 0.377 e. The molecule has 3 fully saturated rings. The van der Waals surface area contributed by atoms with Crippen LogP contribution in [0.4, 0.5) is 0 Å². The monoisotopic (exact) mass is 288 g/mol. The number of piperazine rings is 1. The van der Waals surface area contributed by atoms with Crippen LogP contribution < -0.4 is 0 Å². The molecular formula is C13H24N2O3S. The van der Waals surface area contributed by atoms with E-state index >= 15 is 0 Å². The third-order valence-corrected chi connectivity index (χ3v) is 6.53. The average molecular weight is 288 g/mol. The first-order valence-electron chi connectivity index (χ1n) is 7.49. The lowest BCUT2D eigenvalue weighted by molar-refractivity contribution is 0.0295. The van der Waals surface area contributed by atoms with Gasteiger partial charge in [0.05, 0.1) is 11.9 Å². The smallest absolute Gasteiger partial charge is 0.216 e. The molecule has 3 aliphatic rings. The van der Waals surface area contributed by atoms with E-state index in [1.54, 1.807) is 4.31 Å². The Morgan fingerprint density at radius 1 is 1.05 bits per heavy atom. The molecule has 0 radical (unpaired) electrons. The van der Waals surface area contributed by atoms with Crippen LogP contribution in [0.2, 0.25) is 0 Å². The Bertz CT molecular complexity index is 406. The fourth-order valence-electron chi connectivity index (χ4n) is 3.49. The molecule has 0 aliphatic carbocycles. The van der Waals surface area contributed by atoms with Gasteiger partial charge < -0.3 is 4.74 Å². The molecule has 5 nitrogen and oxygen atoms in total. The molecule has 3 saturated heterocycles. The normalized spacial score (nSPS) is 34.3. The number of rotatable bonds is 3. The topological polar surface area (TPSA) is 49.9 Å². The summed E-state index contributed by atoms with van der Waals surface area (Å²) < 4.78 is 32.2. The molecule has 0 amide bonds. The lowest BCUT2D eigenvalue weighted by Gasteiger charge is -2.37. The lowest BCUT2D eigenvalue weighted by Crippen LogP contribution is -2.53. The van der Waals surface area contributed by atoms with E-state index in [4.69, 9.17) is 4.74 Å². The van der Waals surface area contributed by atoms with Crippen LogP contribution in [0.1, 0.15) is 32.1 Å². The molecule has 3 heterocycles. The van der Waals surface area contributed by atoms with E-state index in [0.717, 1.165) is 45.4 Å². The molecule has 0 N–H and O–H groups in total. The van der Waals surface area contributed by atoms with E-state index in [1.807, 2.05) is 0 Å². The van der Waals surface area contributed by atoms with Gasteiger partial charge in [-0.3, -0.25) is 4.90 Å². The molecule has 0 aromatic heterocycles. The molecule has 0 aromatic carbocycles. The van der Waals surface area contributed by atoms with Gasteiger partial charge in [-0.15, -0.1) is 0 Å². The number of sulfonamides is 1. The summed E-state index contributed by atoms with van der Waals surface area (Å²) in [5, 5.41) is 0. The molecule has 0 bridgehead atoms. The highest BCUT2D eigenvalue weighted by Gasteiger charge is 2.36. The van der Waals surface area contributed by atoms with E-state index in [0.29, 0.717) is 19.1 Å². The highest BCUT2D eigenvalue weighted by Crippen LogP contribution is 2.24. The predicted molar refractivity (Wildman–Crippen MR) is 73.5 cm³/mol. The van der Waals surface area contributed by atoms with E-state index in [-0.39, 0.29) is 11.9 Å². The van der Waals surface area contributed by atoms with Crippen molar-refractivity contribution in [3.8, 4) is 0 Å². The van der Waals surface area contributed by atoms with Crippen molar-refractivity contribution in [1.82, 2.24) is 9.21 Å². The zero-order valence-corrected chi connectivity index (χ0v) is 12.3. The molecule has 0 spiro atoms. The van der Waals surface area contributed by atoms with Gasteiger partial charge in [0, 0.05) is 32.3 Å². The van der Waals surface area contributed by atoms with E-state index in [1.165, 1.54) is 6.42 Å². The molecule has 0 saturated carbocycles. The zero-order chi connectivity index (χ0) is 13.3. The minimum absolute atomic E-state index is 0.0830. The van der Waals surface area contributed by atoms with Crippen LogP contribution >= 0.6 is 0 Å². The Hall–Kier alpha value is -0.170. The van der Waals surface area contributed by atoms with Gasteiger partial charge in [-0.25, -0.2) is 8.42 Å². The van der Waals surface area contributed by atoms with Crippen LogP contribution in [0.5, 0.6) is 0 Å². The maximum Gasteiger partial charge on any atom is 0.216 e. The summed E-state index contributed by atoms with van der Waals surface area (Å²) in [5.74, 6) is 0.180. The summed E-state index contributed by atoms with van der Waals surface area (Å²) in [6, 6.07) is 0.454. The van der Waals surface area contributed by atoms with Crippen molar-refractivity contribution in [2.75, 3.05) is 38.5 Å². The highest BCUT2D eigenvalue weighted by atomic mass is 32.2. The Labute approximate surface area is 115 Å². The van der Waals surface area contributed by atoms with Crippen LogP contribution in [0, 0.1) is 0 Å². The summed E-state index contributed by atoms with van der Waals surface area (Å²) in [6.07, 6.45) is 5.33. The van der Waals surface area contributed by atoms with Gasteiger partial charge in [0.1, 0.15) is 0 Å². The van der Waals surface area contributed by atoms with Crippen molar-refractivity contribution >= 4 is 10.0 Å². The third-order valence-electron chi connectivity index (χ3n) is 4.61. The van der Waals surface area contributed by atoms with Gasteiger partial charge in [0.25, 0.3) is 0 Å². The van der Waals surface area contributed by atoms with Crippen LogP contribution in [-0.2, 0) is 14.8 Å². The minimum atomic E-state index is -3.14. The Morgan fingerprint density at radius 2 is 1.95 bits per heavy atom. The standard InChI is InChI=1S/C13H24N2O3S/c16-19(17,11-13-5-1-2-9-18-13)15-8-7-14-6-3-4-12(14)10-15/h12-13H,1-11H2/t12-,13-/m0/s1. The summed E-state index contributed by atoms with van der Waals surface area (Å²) in [5.41, 5.74) is 0.